The molecule has 1 amide bonds. The van der Waals surface area contributed by atoms with E-state index in [1.54, 1.807) is 12.1 Å². The molecule has 1 aromatic carbocycles. The first-order valence-electron chi connectivity index (χ1n) is 7.66. The SMILES string of the molecule is Cc1cc(N)ccc1OCC(=O)NC(C)CCCC(C)C. The molecule has 0 spiro atoms. The number of benzene rings is 1. The van der Waals surface area contributed by atoms with Crippen molar-refractivity contribution in [1.29, 1.82) is 0 Å². The lowest BCUT2D eigenvalue weighted by Gasteiger charge is -2.15. The van der Waals surface area contributed by atoms with E-state index in [2.05, 4.69) is 19.2 Å². The molecule has 118 valence electrons. The fourth-order valence-electron chi connectivity index (χ4n) is 2.20. The Labute approximate surface area is 128 Å². The van der Waals surface area contributed by atoms with Crippen LogP contribution in [0.5, 0.6) is 5.75 Å². The molecular formula is C17H28N2O2. The Bertz CT molecular complexity index is 458. The number of ether oxygens (including phenoxy) is 1. The second-order valence-corrected chi connectivity index (χ2v) is 6.11. The number of nitrogen functional groups attached to an aromatic ring is 1. The molecule has 4 heteroatoms. The molecule has 0 fully saturated rings. The second kappa shape index (κ2) is 8.55. The smallest absolute Gasteiger partial charge is 0.258 e. The van der Waals surface area contributed by atoms with E-state index in [0.29, 0.717) is 17.4 Å². The van der Waals surface area contributed by atoms with Crippen molar-refractivity contribution in [3.63, 3.8) is 0 Å². The maximum absolute atomic E-state index is 11.8. The van der Waals surface area contributed by atoms with Crippen molar-refractivity contribution in [3.8, 4) is 5.75 Å². The number of hydrogen-bond donors (Lipinski definition) is 2. The Morgan fingerprint density at radius 3 is 2.62 bits per heavy atom. The molecular weight excluding hydrogens is 264 g/mol. The van der Waals surface area contributed by atoms with Crippen LogP contribution in [-0.4, -0.2) is 18.6 Å². The number of rotatable bonds is 8. The Morgan fingerprint density at radius 2 is 2.00 bits per heavy atom. The van der Waals surface area contributed by atoms with Gasteiger partial charge in [0.05, 0.1) is 0 Å². The molecule has 4 nitrogen and oxygen atoms in total. The van der Waals surface area contributed by atoms with Crippen LogP contribution in [0.3, 0.4) is 0 Å². The summed E-state index contributed by atoms with van der Waals surface area (Å²) in [7, 11) is 0. The lowest BCUT2D eigenvalue weighted by molar-refractivity contribution is -0.123. The van der Waals surface area contributed by atoms with Gasteiger partial charge in [0, 0.05) is 11.7 Å². The highest BCUT2D eigenvalue weighted by Crippen LogP contribution is 2.19. The minimum absolute atomic E-state index is 0.0410. The number of anilines is 1. The Hall–Kier alpha value is -1.71. The van der Waals surface area contributed by atoms with Crippen LogP contribution in [0.2, 0.25) is 0 Å². The molecule has 1 atom stereocenters. The predicted octanol–water partition coefficient (Wildman–Crippen LogP) is 3.29. The molecule has 1 aromatic rings. The molecule has 0 heterocycles. The first-order valence-corrected chi connectivity index (χ1v) is 7.66. The lowest BCUT2D eigenvalue weighted by Crippen LogP contribution is -2.36. The maximum Gasteiger partial charge on any atom is 0.258 e. The van der Waals surface area contributed by atoms with Gasteiger partial charge in [0.15, 0.2) is 6.61 Å². The molecule has 0 aliphatic carbocycles. The molecule has 0 saturated heterocycles. The van der Waals surface area contributed by atoms with Crippen LogP contribution < -0.4 is 15.8 Å². The van der Waals surface area contributed by atoms with Crippen LogP contribution in [0.25, 0.3) is 0 Å². The highest BCUT2D eigenvalue weighted by molar-refractivity contribution is 5.77. The quantitative estimate of drug-likeness (QED) is 0.723. The minimum atomic E-state index is -0.0803. The summed E-state index contributed by atoms with van der Waals surface area (Å²) < 4.78 is 5.53. The van der Waals surface area contributed by atoms with Gasteiger partial charge in [-0.15, -0.1) is 0 Å². The number of amides is 1. The Morgan fingerprint density at radius 1 is 1.29 bits per heavy atom. The first kappa shape index (κ1) is 17.3. The number of carbonyl (C=O) groups is 1. The van der Waals surface area contributed by atoms with Gasteiger partial charge in [0.1, 0.15) is 5.75 Å². The minimum Gasteiger partial charge on any atom is -0.484 e. The summed E-state index contributed by atoms with van der Waals surface area (Å²) in [5.74, 6) is 1.33. The molecule has 0 aliphatic rings. The number of nitrogens with one attached hydrogen (secondary N) is 1. The van der Waals surface area contributed by atoms with Crippen LogP contribution >= 0.6 is 0 Å². The molecule has 0 aromatic heterocycles. The summed E-state index contributed by atoms with van der Waals surface area (Å²) in [6.07, 6.45) is 3.34. The van der Waals surface area contributed by atoms with Crippen molar-refractivity contribution in [2.45, 2.75) is 53.0 Å². The van der Waals surface area contributed by atoms with Crippen molar-refractivity contribution < 1.29 is 9.53 Å². The van der Waals surface area contributed by atoms with Crippen LogP contribution in [-0.2, 0) is 4.79 Å². The third kappa shape index (κ3) is 7.02. The van der Waals surface area contributed by atoms with Crippen LogP contribution in [0.4, 0.5) is 5.69 Å². The molecule has 1 unspecified atom stereocenters. The van der Waals surface area contributed by atoms with Crippen molar-refractivity contribution in [2.75, 3.05) is 12.3 Å². The fraction of sp³-hybridized carbons (Fsp3) is 0.588. The van der Waals surface area contributed by atoms with Crippen LogP contribution in [0.15, 0.2) is 18.2 Å². The summed E-state index contributed by atoms with van der Waals surface area (Å²) in [5, 5.41) is 2.97. The van der Waals surface area contributed by atoms with E-state index in [9.17, 15) is 4.79 Å². The molecule has 0 aliphatic heterocycles. The number of hydrogen-bond acceptors (Lipinski definition) is 3. The number of carbonyl (C=O) groups excluding carboxylic acids is 1. The van der Waals surface area contributed by atoms with E-state index in [1.807, 2.05) is 19.9 Å². The summed E-state index contributed by atoms with van der Waals surface area (Å²) in [5.41, 5.74) is 7.32. The molecule has 0 bridgehead atoms. The van der Waals surface area contributed by atoms with Gasteiger partial charge in [-0.3, -0.25) is 4.79 Å². The monoisotopic (exact) mass is 292 g/mol. The van der Waals surface area contributed by atoms with Crippen molar-refractivity contribution >= 4 is 11.6 Å². The highest BCUT2D eigenvalue weighted by Gasteiger charge is 2.09. The molecule has 21 heavy (non-hydrogen) atoms. The van der Waals surface area contributed by atoms with E-state index >= 15 is 0 Å². The van der Waals surface area contributed by atoms with Gasteiger partial charge in [-0.05, 0) is 49.9 Å². The average molecular weight is 292 g/mol. The molecule has 0 radical (unpaired) electrons. The maximum atomic E-state index is 11.8. The van der Waals surface area contributed by atoms with E-state index in [-0.39, 0.29) is 18.6 Å². The predicted molar refractivity (Wildman–Crippen MR) is 87.4 cm³/mol. The van der Waals surface area contributed by atoms with Crippen molar-refractivity contribution in [2.24, 2.45) is 5.92 Å². The molecule has 0 saturated carbocycles. The summed E-state index contributed by atoms with van der Waals surface area (Å²) in [6.45, 7) is 8.42. The summed E-state index contributed by atoms with van der Waals surface area (Å²) in [4.78, 5) is 11.8. The zero-order valence-electron chi connectivity index (χ0n) is 13.6. The fourth-order valence-corrected chi connectivity index (χ4v) is 2.20. The van der Waals surface area contributed by atoms with Crippen LogP contribution in [0.1, 0.15) is 45.6 Å². The van der Waals surface area contributed by atoms with Gasteiger partial charge in [-0.1, -0.05) is 26.7 Å². The van der Waals surface area contributed by atoms with Gasteiger partial charge in [0.2, 0.25) is 0 Å². The van der Waals surface area contributed by atoms with E-state index < -0.39 is 0 Å². The zero-order valence-corrected chi connectivity index (χ0v) is 13.6. The average Bonchev–Trinajstić information content (AvgIpc) is 2.37. The first-order chi connectivity index (χ1) is 9.88. The van der Waals surface area contributed by atoms with E-state index in [0.717, 1.165) is 18.4 Å². The lowest BCUT2D eigenvalue weighted by atomic mass is 10.0. The zero-order chi connectivity index (χ0) is 15.8. The van der Waals surface area contributed by atoms with Crippen molar-refractivity contribution in [1.82, 2.24) is 5.32 Å². The largest absolute Gasteiger partial charge is 0.484 e. The molecule has 3 N–H and O–H groups in total. The highest BCUT2D eigenvalue weighted by atomic mass is 16.5. The molecule has 1 rings (SSSR count). The number of nitrogens with two attached hydrogens (primary N) is 1. The summed E-state index contributed by atoms with van der Waals surface area (Å²) >= 11 is 0. The van der Waals surface area contributed by atoms with Gasteiger partial charge in [0.25, 0.3) is 5.91 Å². The van der Waals surface area contributed by atoms with Gasteiger partial charge in [-0.2, -0.15) is 0 Å². The van der Waals surface area contributed by atoms with Gasteiger partial charge in [-0.25, -0.2) is 0 Å². The Kier molecular flexibility index (Phi) is 7.06. The second-order valence-electron chi connectivity index (χ2n) is 6.11. The third-order valence-electron chi connectivity index (χ3n) is 3.38. The third-order valence-corrected chi connectivity index (χ3v) is 3.38. The van der Waals surface area contributed by atoms with Gasteiger partial charge >= 0.3 is 0 Å². The normalized spacial score (nSPS) is 12.2. The van der Waals surface area contributed by atoms with Gasteiger partial charge < -0.3 is 15.8 Å². The van der Waals surface area contributed by atoms with E-state index in [4.69, 9.17) is 10.5 Å². The summed E-state index contributed by atoms with van der Waals surface area (Å²) in [6, 6.07) is 5.59. The topological polar surface area (TPSA) is 64.3 Å². The van der Waals surface area contributed by atoms with Crippen LogP contribution in [0, 0.1) is 12.8 Å². The van der Waals surface area contributed by atoms with Crippen molar-refractivity contribution in [3.05, 3.63) is 23.8 Å². The Balaban J connectivity index is 2.30. The standard InChI is InChI=1S/C17H28N2O2/c1-12(2)6-5-7-14(4)19-17(20)11-21-16-9-8-15(18)10-13(16)3/h8-10,12,14H,5-7,11,18H2,1-4H3,(H,19,20). The van der Waals surface area contributed by atoms with E-state index in [1.165, 1.54) is 6.42 Å². The number of aryl methyl sites for hydroxylation is 1.